The molecule has 0 spiro atoms. The molecule has 1 N–H and O–H groups in total. The molecule has 8 heteroatoms. The molecule has 0 saturated heterocycles. The lowest BCUT2D eigenvalue weighted by Gasteiger charge is -2.10. The van der Waals surface area contributed by atoms with Crippen LogP contribution in [0.25, 0.3) is 5.52 Å². The maximum atomic E-state index is 13.4. The minimum Gasteiger partial charge on any atom is -0.503 e. The number of Topliss-reactive ketones (excluding diaryl/α,β-unsaturated/α-hetero) is 1. The summed E-state index contributed by atoms with van der Waals surface area (Å²) in [5, 5.41) is 10.1. The molecule has 0 bridgehead atoms. The molecule has 0 unspecified atom stereocenters. The van der Waals surface area contributed by atoms with Crippen LogP contribution in [-0.4, -0.2) is 19.9 Å². The number of fused-ring (bicyclic) bond motifs is 1. The number of benzene rings is 1. The van der Waals surface area contributed by atoms with Gasteiger partial charge in [0.1, 0.15) is 5.82 Å². The lowest BCUT2D eigenvalue weighted by molar-refractivity contribution is 0.101. The predicted octanol–water partition coefficient (Wildman–Crippen LogP) is 2.16. The first kappa shape index (κ1) is 17.3. The second kappa shape index (κ2) is 6.43. The maximum Gasteiger partial charge on any atom is 0.279 e. The van der Waals surface area contributed by atoms with Gasteiger partial charge in [-0.3, -0.25) is 14.4 Å². The average Bonchev–Trinajstić information content (AvgIpc) is 2.56. The fraction of sp³-hybridized carbons (Fsp3) is 0.118. The van der Waals surface area contributed by atoms with Crippen molar-refractivity contribution in [2.45, 2.75) is 13.5 Å². The summed E-state index contributed by atoms with van der Waals surface area (Å²) in [6.07, 6.45) is 4.17. The standard InChI is InChI=1S/C17H12FIN2O4/c1-9(22)11-8-20-4-5-21(17(25)14(20)16(24)15(11)23)7-10-2-3-12(18)13(19)6-10/h2-6,8,24H,7H2,1H3. The molecule has 0 radical (unpaired) electrons. The highest BCUT2D eigenvalue weighted by atomic mass is 127. The molecule has 0 fully saturated rings. The van der Waals surface area contributed by atoms with Crippen molar-refractivity contribution in [2.75, 3.05) is 0 Å². The monoisotopic (exact) mass is 454 g/mol. The van der Waals surface area contributed by atoms with Gasteiger partial charge in [0, 0.05) is 22.2 Å². The third kappa shape index (κ3) is 3.09. The molecular weight excluding hydrogens is 442 g/mol. The molecule has 3 aromatic rings. The predicted molar refractivity (Wildman–Crippen MR) is 97.8 cm³/mol. The number of pyridine rings is 1. The number of hydrogen-bond acceptors (Lipinski definition) is 4. The van der Waals surface area contributed by atoms with E-state index in [0.29, 0.717) is 9.13 Å². The van der Waals surface area contributed by atoms with Crippen molar-refractivity contribution in [3.63, 3.8) is 0 Å². The lowest BCUT2D eigenvalue weighted by Crippen LogP contribution is -2.26. The summed E-state index contributed by atoms with van der Waals surface area (Å²) >= 11 is 1.86. The molecule has 0 atom stereocenters. The van der Waals surface area contributed by atoms with Gasteiger partial charge in [-0.25, -0.2) is 4.39 Å². The summed E-state index contributed by atoms with van der Waals surface area (Å²) in [5.41, 5.74) is -1.18. The molecule has 128 valence electrons. The van der Waals surface area contributed by atoms with Crippen LogP contribution in [0.3, 0.4) is 0 Å². The number of carbonyl (C=O) groups is 1. The van der Waals surface area contributed by atoms with Crippen molar-refractivity contribution in [2.24, 2.45) is 0 Å². The molecule has 3 rings (SSSR count). The van der Waals surface area contributed by atoms with E-state index >= 15 is 0 Å². The first-order chi connectivity index (χ1) is 11.8. The first-order valence-electron chi connectivity index (χ1n) is 7.22. The van der Waals surface area contributed by atoms with Crippen LogP contribution in [0.2, 0.25) is 0 Å². The quantitative estimate of drug-likeness (QED) is 0.486. The second-order valence-corrected chi connectivity index (χ2v) is 6.67. The van der Waals surface area contributed by atoms with Crippen molar-refractivity contribution in [1.29, 1.82) is 0 Å². The molecule has 2 heterocycles. The number of rotatable bonds is 3. The smallest absolute Gasteiger partial charge is 0.279 e. The molecule has 0 aliphatic carbocycles. The number of aromatic hydroxyl groups is 1. The van der Waals surface area contributed by atoms with Gasteiger partial charge in [0.2, 0.25) is 5.43 Å². The molecular formula is C17H12FIN2O4. The Kier molecular flexibility index (Phi) is 4.46. The molecule has 25 heavy (non-hydrogen) atoms. The third-order valence-corrected chi connectivity index (χ3v) is 4.62. The van der Waals surface area contributed by atoms with Crippen molar-refractivity contribution < 1.29 is 14.3 Å². The Morgan fingerprint density at radius 3 is 2.64 bits per heavy atom. The van der Waals surface area contributed by atoms with E-state index < -0.39 is 22.5 Å². The number of carbonyl (C=O) groups excluding carboxylic acids is 1. The van der Waals surface area contributed by atoms with Gasteiger partial charge in [-0.2, -0.15) is 0 Å². The number of nitrogens with zero attached hydrogens (tertiary/aromatic N) is 2. The van der Waals surface area contributed by atoms with Gasteiger partial charge in [-0.15, -0.1) is 0 Å². The fourth-order valence-corrected chi connectivity index (χ4v) is 3.09. The van der Waals surface area contributed by atoms with E-state index in [1.165, 1.54) is 40.5 Å². The Labute approximate surface area is 154 Å². The number of ketones is 1. The summed E-state index contributed by atoms with van der Waals surface area (Å²) in [7, 11) is 0. The largest absolute Gasteiger partial charge is 0.503 e. The Morgan fingerprint density at radius 2 is 2.00 bits per heavy atom. The molecule has 0 saturated carbocycles. The molecule has 0 amide bonds. The summed E-state index contributed by atoms with van der Waals surface area (Å²) in [4.78, 5) is 36.1. The first-order valence-corrected chi connectivity index (χ1v) is 8.29. The van der Waals surface area contributed by atoms with Gasteiger partial charge < -0.3 is 14.1 Å². The maximum absolute atomic E-state index is 13.4. The highest BCUT2D eigenvalue weighted by Gasteiger charge is 2.16. The third-order valence-electron chi connectivity index (χ3n) is 3.80. The molecule has 0 aliphatic rings. The van der Waals surface area contributed by atoms with Gasteiger partial charge in [0.05, 0.1) is 12.1 Å². The van der Waals surface area contributed by atoms with Crippen molar-refractivity contribution in [3.05, 3.63) is 77.9 Å². The molecule has 6 nitrogen and oxygen atoms in total. The fourth-order valence-electron chi connectivity index (χ4n) is 2.51. The normalized spacial score (nSPS) is 11.0. The molecule has 0 aliphatic heterocycles. The second-order valence-electron chi connectivity index (χ2n) is 5.51. The van der Waals surface area contributed by atoms with Gasteiger partial charge >= 0.3 is 0 Å². The Bertz CT molecular complexity index is 1130. The van der Waals surface area contributed by atoms with Gasteiger partial charge in [0.25, 0.3) is 5.56 Å². The van der Waals surface area contributed by atoms with E-state index in [1.54, 1.807) is 12.1 Å². The Morgan fingerprint density at radius 1 is 1.28 bits per heavy atom. The molecule has 2 aromatic heterocycles. The van der Waals surface area contributed by atoms with Crippen molar-refractivity contribution in [1.82, 2.24) is 8.97 Å². The van der Waals surface area contributed by atoms with E-state index in [0.717, 1.165) is 0 Å². The summed E-state index contributed by atoms with van der Waals surface area (Å²) in [6.45, 7) is 1.35. The Hall–Kier alpha value is -2.49. The number of hydrogen-bond donors (Lipinski definition) is 1. The van der Waals surface area contributed by atoms with Crippen LogP contribution in [-0.2, 0) is 6.54 Å². The van der Waals surface area contributed by atoms with Crippen LogP contribution in [0.4, 0.5) is 4.39 Å². The minimum absolute atomic E-state index is 0.147. The highest BCUT2D eigenvalue weighted by molar-refractivity contribution is 14.1. The zero-order valence-corrected chi connectivity index (χ0v) is 15.2. The van der Waals surface area contributed by atoms with Gasteiger partial charge in [-0.1, -0.05) is 6.07 Å². The minimum atomic E-state index is -0.876. The van der Waals surface area contributed by atoms with E-state index in [-0.39, 0.29) is 23.4 Å². The van der Waals surface area contributed by atoms with Crippen molar-refractivity contribution in [3.8, 4) is 5.75 Å². The summed E-state index contributed by atoms with van der Waals surface area (Å²) < 4.78 is 16.3. The molecule has 1 aromatic carbocycles. The van der Waals surface area contributed by atoms with E-state index in [2.05, 4.69) is 0 Å². The number of halogens is 2. The SMILES string of the molecule is CC(=O)c1cn2ccn(Cc3ccc(F)c(I)c3)c(=O)c2c(O)c1=O. The number of aromatic nitrogens is 2. The highest BCUT2D eigenvalue weighted by Crippen LogP contribution is 2.15. The van der Waals surface area contributed by atoms with E-state index in [9.17, 15) is 23.9 Å². The summed E-state index contributed by atoms with van der Waals surface area (Å²) in [6, 6.07) is 4.47. The van der Waals surface area contributed by atoms with Crippen LogP contribution >= 0.6 is 22.6 Å². The topological polar surface area (TPSA) is 80.8 Å². The van der Waals surface area contributed by atoms with Crippen LogP contribution < -0.4 is 11.0 Å². The van der Waals surface area contributed by atoms with E-state index in [1.807, 2.05) is 22.6 Å². The van der Waals surface area contributed by atoms with Gasteiger partial charge in [0.15, 0.2) is 17.0 Å². The Balaban J connectivity index is 2.17. The van der Waals surface area contributed by atoms with Crippen LogP contribution in [0, 0.1) is 9.39 Å². The van der Waals surface area contributed by atoms with Crippen LogP contribution in [0.1, 0.15) is 22.8 Å². The van der Waals surface area contributed by atoms with Crippen LogP contribution in [0.5, 0.6) is 5.75 Å². The van der Waals surface area contributed by atoms with Gasteiger partial charge in [-0.05, 0) is 47.2 Å². The summed E-state index contributed by atoms with van der Waals surface area (Å²) in [5.74, 6) is -1.61. The zero-order valence-electron chi connectivity index (χ0n) is 13.0. The van der Waals surface area contributed by atoms with Crippen molar-refractivity contribution >= 4 is 33.9 Å². The zero-order chi connectivity index (χ0) is 18.3. The average molecular weight is 454 g/mol. The van der Waals surface area contributed by atoms with Crippen LogP contribution in [0.15, 0.2) is 46.4 Å². The lowest BCUT2D eigenvalue weighted by atomic mass is 10.1. The van der Waals surface area contributed by atoms with E-state index in [4.69, 9.17) is 0 Å².